The minimum Gasteiger partial charge on any atom is -0.497 e. The summed E-state index contributed by atoms with van der Waals surface area (Å²) in [5, 5.41) is 7.66. The number of urea groups is 1. The molecule has 6 heteroatoms. The predicted molar refractivity (Wildman–Crippen MR) is 94.5 cm³/mol. The van der Waals surface area contributed by atoms with E-state index in [1.165, 1.54) is 6.21 Å². The first-order valence-electron chi connectivity index (χ1n) is 7.86. The number of hydrogen-bond acceptors (Lipinski definition) is 4. The molecule has 2 aromatic carbocycles. The molecule has 1 aliphatic rings. The number of ether oxygens (including phenoxy) is 1. The molecule has 0 saturated carbocycles. The number of carbonyl (C=O) groups excluding carboxylic acids is 2. The highest BCUT2D eigenvalue weighted by atomic mass is 16.5. The van der Waals surface area contributed by atoms with Crippen molar-refractivity contribution < 1.29 is 14.3 Å². The summed E-state index contributed by atoms with van der Waals surface area (Å²) >= 11 is 0. The van der Waals surface area contributed by atoms with E-state index < -0.39 is 17.5 Å². The molecule has 1 fully saturated rings. The largest absolute Gasteiger partial charge is 0.497 e. The van der Waals surface area contributed by atoms with Gasteiger partial charge in [0.1, 0.15) is 11.3 Å². The number of benzene rings is 2. The van der Waals surface area contributed by atoms with Crippen molar-refractivity contribution in [3.8, 4) is 5.75 Å². The predicted octanol–water partition coefficient (Wildman–Crippen LogP) is 2.80. The lowest BCUT2D eigenvalue weighted by Crippen LogP contribution is -2.40. The molecule has 0 aliphatic carbocycles. The van der Waals surface area contributed by atoms with Gasteiger partial charge < -0.3 is 10.1 Å². The van der Waals surface area contributed by atoms with E-state index in [1.807, 2.05) is 31.2 Å². The number of nitrogens with one attached hydrogen (secondary N) is 1. The van der Waals surface area contributed by atoms with E-state index in [9.17, 15) is 9.59 Å². The Morgan fingerprint density at radius 2 is 1.88 bits per heavy atom. The molecular formula is C19H19N3O3. The van der Waals surface area contributed by atoms with Crippen LogP contribution in [0.25, 0.3) is 0 Å². The van der Waals surface area contributed by atoms with Crippen LogP contribution in [0.5, 0.6) is 5.75 Å². The minimum absolute atomic E-state index is 0.424. The Kier molecular flexibility index (Phi) is 4.27. The molecule has 128 valence electrons. The first kappa shape index (κ1) is 16.7. The van der Waals surface area contributed by atoms with Gasteiger partial charge in [0.15, 0.2) is 0 Å². The summed E-state index contributed by atoms with van der Waals surface area (Å²) in [6, 6.07) is 14.1. The number of methoxy groups -OCH3 is 1. The molecule has 6 nitrogen and oxygen atoms in total. The number of aryl methyl sites for hydroxylation is 1. The van der Waals surface area contributed by atoms with Gasteiger partial charge in [0.2, 0.25) is 0 Å². The summed E-state index contributed by atoms with van der Waals surface area (Å²) in [7, 11) is 1.57. The standard InChI is InChI=1S/C19H19N3O3/c1-13-5-4-6-14(11-13)12-20-22-17(23)19(2,21-18(22)24)15-7-9-16(25-3)10-8-15/h4-12H,1-3H3,(H,21,24)/b20-12+. The number of amides is 3. The lowest BCUT2D eigenvalue weighted by Gasteiger charge is -2.21. The van der Waals surface area contributed by atoms with Gasteiger partial charge in [0.25, 0.3) is 5.91 Å². The number of hydrogen-bond donors (Lipinski definition) is 1. The summed E-state index contributed by atoms with van der Waals surface area (Å²) in [6.07, 6.45) is 1.50. The molecule has 3 rings (SSSR count). The molecule has 0 aromatic heterocycles. The molecule has 1 heterocycles. The molecule has 25 heavy (non-hydrogen) atoms. The van der Waals surface area contributed by atoms with Gasteiger partial charge in [-0.05, 0) is 37.1 Å². The van der Waals surface area contributed by atoms with Crippen molar-refractivity contribution >= 4 is 18.2 Å². The number of imide groups is 1. The number of carbonyl (C=O) groups is 2. The Balaban J connectivity index is 1.86. The Morgan fingerprint density at radius 1 is 1.16 bits per heavy atom. The van der Waals surface area contributed by atoms with Crippen molar-refractivity contribution in [2.45, 2.75) is 19.4 Å². The number of rotatable bonds is 4. The van der Waals surface area contributed by atoms with Crippen molar-refractivity contribution in [1.29, 1.82) is 0 Å². The zero-order valence-corrected chi connectivity index (χ0v) is 14.3. The molecular weight excluding hydrogens is 318 g/mol. The summed E-state index contributed by atoms with van der Waals surface area (Å²) in [5.41, 5.74) is 1.40. The molecule has 1 aliphatic heterocycles. The van der Waals surface area contributed by atoms with E-state index >= 15 is 0 Å². The van der Waals surface area contributed by atoms with Crippen LogP contribution in [0.15, 0.2) is 53.6 Å². The molecule has 0 radical (unpaired) electrons. The van der Waals surface area contributed by atoms with Crippen LogP contribution >= 0.6 is 0 Å². The van der Waals surface area contributed by atoms with Crippen molar-refractivity contribution in [2.24, 2.45) is 5.10 Å². The zero-order chi connectivity index (χ0) is 18.0. The van der Waals surface area contributed by atoms with Gasteiger partial charge in [-0.25, -0.2) is 4.79 Å². The number of hydrazone groups is 1. The fourth-order valence-corrected chi connectivity index (χ4v) is 2.72. The van der Waals surface area contributed by atoms with Crippen molar-refractivity contribution in [1.82, 2.24) is 10.3 Å². The first-order valence-corrected chi connectivity index (χ1v) is 7.86. The summed E-state index contributed by atoms with van der Waals surface area (Å²) in [4.78, 5) is 25.0. The van der Waals surface area contributed by atoms with Crippen molar-refractivity contribution in [3.63, 3.8) is 0 Å². The van der Waals surface area contributed by atoms with Crippen LogP contribution in [0.3, 0.4) is 0 Å². The van der Waals surface area contributed by atoms with Gasteiger partial charge in [0, 0.05) is 0 Å². The van der Waals surface area contributed by atoms with Crippen LogP contribution in [-0.4, -0.2) is 30.3 Å². The zero-order valence-electron chi connectivity index (χ0n) is 14.3. The van der Waals surface area contributed by atoms with Crippen molar-refractivity contribution in [3.05, 3.63) is 65.2 Å². The summed E-state index contributed by atoms with van der Waals surface area (Å²) in [6.45, 7) is 3.63. The third-order valence-electron chi connectivity index (χ3n) is 4.20. The second kappa shape index (κ2) is 6.39. The highest BCUT2D eigenvalue weighted by Gasteiger charge is 2.49. The van der Waals surface area contributed by atoms with Gasteiger partial charge in [-0.15, -0.1) is 5.01 Å². The van der Waals surface area contributed by atoms with Crippen LogP contribution in [0, 0.1) is 6.92 Å². The van der Waals surface area contributed by atoms with E-state index in [1.54, 1.807) is 38.3 Å². The fourth-order valence-electron chi connectivity index (χ4n) is 2.72. The Hall–Kier alpha value is -3.15. The molecule has 1 atom stereocenters. The van der Waals surface area contributed by atoms with Gasteiger partial charge in [0.05, 0.1) is 13.3 Å². The molecule has 0 spiro atoms. The fraction of sp³-hybridized carbons (Fsp3) is 0.211. The maximum atomic E-state index is 12.8. The molecule has 3 amide bonds. The van der Waals surface area contributed by atoms with Gasteiger partial charge in [-0.2, -0.15) is 5.10 Å². The smallest absolute Gasteiger partial charge is 0.346 e. The molecule has 1 N–H and O–H groups in total. The Labute approximate surface area is 146 Å². The minimum atomic E-state index is -1.16. The molecule has 2 aromatic rings. The van der Waals surface area contributed by atoms with Gasteiger partial charge in [-0.1, -0.05) is 42.0 Å². The monoisotopic (exact) mass is 337 g/mol. The maximum Gasteiger partial charge on any atom is 0.346 e. The maximum absolute atomic E-state index is 12.8. The van der Waals surface area contributed by atoms with Crippen LogP contribution < -0.4 is 10.1 Å². The lowest BCUT2D eigenvalue weighted by atomic mass is 9.92. The van der Waals surface area contributed by atoms with Crippen LogP contribution in [0.2, 0.25) is 0 Å². The molecule has 1 unspecified atom stereocenters. The van der Waals surface area contributed by atoms with Crippen LogP contribution in [0.4, 0.5) is 4.79 Å². The highest BCUT2D eigenvalue weighted by Crippen LogP contribution is 2.30. The molecule has 0 bridgehead atoms. The third kappa shape index (κ3) is 3.10. The highest BCUT2D eigenvalue weighted by molar-refractivity contribution is 6.07. The van der Waals surface area contributed by atoms with Crippen LogP contribution in [-0.2, 0) is 10.3 Å². The van der Waals surface area contributed by atoms with Crippen molar-refractivity contribution in [2.75, 3.05) is 7.11 Å². The Bertz CT molecular complexity index is 845. The summed E-state index contributed by atoms with van der Waals surface area (Å²) in [5.74, 6) is 0.255. The first-order chi connectivity index (χ1) is 11.9. The lowest BCUT2D eigenvalue weighted by molar-refractivity contribution is -0.131. The van der Waals surface area contributed by atoms with Crippen LogP contribution in [0.1, 0.15) is 23.6 Å². The third-order valence-corrected chi connectivity index (χ3v) is 4.20. The summed E-state index contributed by atoms with van der Waals surface area (Å²) < 4.78 is 5.12. The van der Waals surface area contributed by atoms with Gasteiger partial charge >= 0.3 is 6.03 Å². The average molecular weight is 337 g/mol. The van der Waals surface area contributed by atoms with E-state index in [2.05, 4.69) is 10.4 Å². The quantitative estimate of drug-likeness (QED) is 0.689. The second-order valence-corrected chi connectivity index (χ2v) is 6.06. The van der Waals surface area contributed by atoms with E-state index in [4.69, 9.17) is 4.74 Å². The van der Waals surface area contributed by atoms with E-state index in [0.717, 1.165) is 16.1 Å². The van der Waals surface area contributed by atoms with Gasteiger partial charge in [-0.3, -0.25) is 4.79 Å². The van der Waals surface area contributed by atoms with E-state index in [0.29, 0.717) is 11.3 Å². The Morgan fingerprint density at radius 3 is 2.52 bits per heavy atom. The average Bonchev–Trinajstić information content (AvgIpc) is 2.83. The topological polar surface area (TPSA) is 71.0 Å². The van der Waals surface area contributed by atoms with E-state index in [-0.39, 0.29) is 0 Å². The molecule has 1 saturated heterocycles. The SMILES string of the molecule is COc1ccc(C2(C)NC(=O)N(/N=C/c3cccc(C)c3)C2=O)cc1. The normalized spacial score (nSPS) is 20.2. The second-order valence-electron chi connectivity index (χ2n) is 6.06. The number of nitrogens with zero attached hydrogens (tertiary/aromatic N) is 2.